The van der Waals surface area contributed by atoms with Gasteiger partial charge in [-0.25, -0.2) is 4.98 Å². The van der Waals surface area contributed by atoms with Crippen LogP contribution in [0.5, 0.6) is 5.75 Å². The van der Waals surface area contributed by atoms with E-state index in [2.05, 4.69) is 9.97 Å². The van der Waals surface area contributed by atoms with E-state index in [0.717, 1.165) is 22.9 Å². The van der Waals surface area contributed by atoms with Crippen molar-refractivity contribution in [1.29, 1.82) is 0 Å². The molecule has 1 aliphatic rings. The van der Waals surface area contributed by atoms with Gasteiger partial charge in [0.25, 0.3) is 5.91 Å². The summed E-state index contributed by atoms with van der Waals surface area (Å²) in [7, 11) is 0. The summed E-state index contributed by atoms with van der Waals surface area (Å²) in [5.41, 5.74) is 2.38. The molecule has 0 fully saturated rings. The van der Waals surface area contributed by atoms with E-state index in [9.17, 15) is 4.79 Å². The molecule has 0 N–H and O–H groups in total. The van der Waals surface area contributed by atoms with E-state index in [-0.39, 0.29) is 12.5 Å². The lowest BCUT2D eigenvalue weighted by Gasteiger charge is -2.25. The number of hydrogen-bond acceptors (Lipinski definition) is 5. The molecule has 6 nitrogen and oxygen atoms in total. The number of amides is 1. The van der Waals surface area contributed by atoms with Gasteiger partial charge in [-0.2, -0.15) is 0 Å². The first-order chi connectivity index (χ1) is 12.7. The Bertz CT molecular complexity index is 904. The van der Waals surface area contributed by atoms with Crippen LogP contribution in [-0.4, -0.2) is 27.3 Å². The highest BCUT2D eigenvalue weighted by molar-refractivity contribution is 5.94. The molecule has 3 heterocycles. The minimum Gasteiger partial charge on any atom is -0.484 e. The predicted octanol–water partition coefficient (Wildman–Crippen LogP) is 3.16. The number of aryl methyl sites for hydroxylation is 1. The molecule has 0 bridgehead atoms. The molecule has 0 atom stereocenters. The van der Waals surface area contributed by atoms with E-state index in [1.165, 1.54) is 0 Å². The Labute approximate surface area is 151 Å². The number of oxazole rings is 1. The van der Waals surface area contributed by atoms with Gasteiger partial charge in [-0.05, 0) is 31.2 Å². The maximum Gasteiger partial charge on any atom is 0.255 e. The van der Waals surface area contributed by atoms with Crippen molar-refractivity contribution >= 4 is 5.91 Å². The molecular formula is C20H19N3O3. The molecule has 1 amide bonds. The quantitative estimate of drug-likeness (QED) is 0.724. The number of nitrogens with zero attached hydrogens (tertiary/aromatic N) is 3. The molecule has 132 valence electrons. The van der Waals surface area contributed by atoms with Crippen molar-refractivity contribution in [2.75, 3.05) is 6.54 Å². The van der Waals surface area contributed by atoms with Gasteiger partial charge in [-0.15, -0.1) is 0 Å². The van der Waals surface area contributed by atoms with Crippen LogP contribution in [0.2, 0.25) is 0 Å². The Balaban J connectivity index is 1.43. The fraction of sp³-hybridized carbons (Fsp3) is 0.250. The number of ether oxygens (including phenoxy) is 1. The molecule has 2 aromatic heterocycles. The normalized spacial score (nSPS) is 13.3. The summed E-state index contributed by atoms with van der Waals surface area (Å²) in [4.78, 5) is 23.1. The van der Waals surface area contributed by atoms with Crippen molar-refractivity contribution in [2.45, 2.75) is 26.5 Å². The number of carbonyl (C=O) groups excluding carboxylic acids is 1. The molecule has 0 aliphatic carbocycles. The number of benzene rings is 1. The maximum absolute atomic E-state index is 12.6. The van der Waals surface area contributed by atoms with Gasteiger partial charge in [-0.1, -0.05) is 18.2 Å². The Morgan fingerprint density at radius 2 is 2.08 bits per heavy atom. The Kier molecular flexibility index (Phi) is 4.39. The lowest BCUT2D eigenvalue weighted by atomic mass is 10.1. The van der Waals surface area contributed by atoms with Gasteiger partial charge in [-0.3, -0.25) is 9.78 Å². The Hall–Kier alpha value is -3.15. The summed E-state index contributed by atoms with van der Waals surface area (Å²) < 4.78 is 11.5. The summed E-state index contributed by atoms with van der Waals surface area (Å²) in [6.45, 7) is 3.20. The van der Waals surface area contributed by atoms with Crippen LogP contribution in [-0.2, 0) is 19.6 Å². The summed E-state index contributed by atoms with van der Waals surface area (Å²) in [6, 6.07) is 13.2. The molecule has 26 heavy (non-hydrogen) atoms. The number of aromatic nitrogens is 2. The first kappa shape index (κ1) is 16.3. The molecule has 0 radical (unpaired) electrons. The fourth-order valence-electron chi connectivity index (χ4n) is 2.92. The minimum absolute atomic E-state index is 0.0402. The second kappa shape index (κ2) is 7.00. The van der Waals surface area contributed by atoms with Crippen molar-refractivity contribution in [1.82, 2.24) is 14.9 Å². The molecular weight excluding hydrogens is 330 g/mol. The number of pyridine rings is 1. The average Bonchev–Trinajstić information content (AvgIpc) is 3.09. The summed E-state index contributed by atoms with van der Waals surface area (Å²) >= 11 is 0. The van der Waals surface area contributed by atoms with Crippen LogP contribution in [0, 0.1) is 6.92 Å². The molecule has 6 heteroatoms. The van der Waals surface area contributed by atoms with Crippen molar-refractivity contribution in [3.63, 3.8) is 0 Å². The third-order valence-corrected chi connectivity index (χ3v) is 4.33. The molecule has 0 spiro atoms. The van der Waals surface area contributed by atoms with Crippen LogP contribution in [0.25, 0.3) is 0 Å². The summed E-state index contributed by atoms with van der Waals surface area (Å²) in [5, 5.41) is 0. The molecule has 3 aromatic rings. The van der Waals surface area contributed by atoms with Gasteiger partial charge in [0.05, 0.1) is 17.8 Å². The monoisotopic (exact) mass is 349 g/mol. The van der Waals surface area contributed by atoms with Gasteiger partial charge in [0, 0.05) is 24.9 Å². The van der Waals surface area contributed by atoms with Crippen molar-refractivity contribution in [3.8, 4) is 5.75 Å². The first-order valence-corrected chi connectivity index (χ1v) is 8.56. The Morgan fingerprint density at radius 1 is 1.23 bits per heavy atom. The molecule has 1 aromatic carbocycles. The second-order valence-electron chi connectivity index (χ2n) is 6.24. The molecule has 4 rings (SSSR count). The highest BCUT2D eigenvalue weighted by atomic mass is 16.5. The molecule has 0 unspecified atom stereocenters. The van der Waals surface area contributed by atoms with Gasteiger partial charge < -0.3 is 14.1 Å². The number of carbonyl (C=O) groups is 1. The van der Waals surface area contributed by atoms with E-state index in [4.69, 9.17) is 9.15 Å². The van der Waals surface area contributed by atoms with Gasteiger partial charge in [0.15, 0.2) is 6.61 Å². The van der Waals surface area contributed by atoms with E-state index >= 15 is 0 Å². The summed E-state index contributed by atoms with van der Waals surface area (Å²) in [6.07, 6.45) is 2.29. The van der Waals surface area contributed by atoms with Crippen LogP contribution in [0.15, 0.2) is 53.1 Å². The van der Waals surface area contributed by atoms with Crippen molar-refractivity contribution in [3.05, 3.63) is 77.3 Å². The lowest BCUT2D eigenvalue weighted by Crippen LogP contribution is -2.35. The van der Waals surface area contributed by atoms with Crippen LogP contribution in [0.3, 0.4) is 0 Å². The third-order valence-electron chi connectivity index (χ3n) is 4.33. The van der Waals surface area contributed by atoms with Crippen molar-refractivity contribution < 1.29 is 13.9 Å². The number of rotatable bonds is 4. The van der Waals surface area contributed by atoms with Crippen LogP contribution in [0.1, 0.15) is 33.4 Å². The molecule has 0 saturated carbocycles. The van der Waals surface area contributed by atoms with Crippen LogP contribution in [0.4, 0.5) is 0 Å². The summed E-state index contributed by atoms with van der Waals surface area (Å²) in [5.74, 6) is 2.00. The van der Waals surface area contributed by atoms with E-state index in [1.807, 2.05) is 43.3 Å². The Morgan fingerprint density at radius 3 is 2.85 bits per heavy atom. The zero-order chi connectivity index (χ0) is 17.9. The molecule has 0 saturated heterocycles. The van der Waals surface area contributed by atoms with Gasteiger partial charge in [0.1, 0.15) is 11.5 Å². The van der Waals surface area contributed by atoms with Crippen molar-refractivity contribution in [2.24, 2.45) is 0 Å². The van der Waals surface area contributed by atoms with E-state index < -0.39 is 0 Å². The fourth-order valence-corrected chi connectivity index (χ4v) is 2.92. The average molecular weight is 349 g/mol. The lowest BCUT2D eigenvalue weighted by molar-refractivity contribution is 0.0717. The minimum atomic E-state index is -0.0402. The van der Waals surface area contributed by atoms with Crippen LogP contribution < -0.4 is 4.74 Å². The number of fused-ring (bicyclic) bond motifs is 1. The highest BCUT2D eigenvalue weighted by Crippen LogP contribution is 2.22. The topological polar surface area (TPSA) is 68.5 Å². The zero-order valence-corrected chi connectivity index (χ0v) is 14.5. The predicted molar refractivity (Wildman–Crippen MR) is 94.7 cm³/mol. The van der Waals surface area contributed by atoms with Gasteiger partial charge in [0.2, 0.25) is 5.89 Å². The SMILES string of the molecule is Cc1ccc(C(=O)N2CCc3nc(COc4ccccc4)oc3C2)cn1. The third kappa shape index (κ3) is 3.44. The largest absolute Gasteiger partial charge is 0.484 e. The van der Waals surface area contributed by atoms with Gasteiger partial charge >= 0.3 is 0 Å². The van der Waals surface area contributed by atoms with E-state index in [0.29, 0.717) is 31.0 Å². The van der Waals surface area contributed by atoms with Crippen LogP contribution >= 0.6 is 0 Å². The highest BCUT2D eigenvalue weighted by Gasteiger charge is 2.26. The smallest absolute Gasteiger partial charge is 0.255 e. The molecule has 1 aliphatic heterocycles. The number of para-hydroxylation sites is 1. The first-order valence-electron chi connectivity index (χ1n) is 8.56. The standard InChI is InChI=1S/C20H19N3O3/c1-14-7-8-15(11-21-14)20(24)23-10-9-17-18(12-23)26-19(22-17)13-25-16-5-3-2-4-6-16/h2-8,11H,9-10,12-13H2,1H3. The zero-order valence-electron chi connectivity index (χ0n) is 14.5. The maximum atomic E-state index is 12.6. The second-order valence-corrected chi connectivity index (χ2v) is 6.24. The van der Waals surface area contributed by atoms with E-state index in [1.54, 1.807) is 17.2 Å². The number of hydrogen-bond donors (Lipinski definition) is 0.